The Morgan fingerprint density at radius 1 is 1.18 bits per heavy atom. The highest BCUT2D eigenvalue weighted by atomic mass is 32.1. The number of ether oxygens (including phenoxy) is 1. The fourth-order valence-corrected chi connectivity index (χ4v) is 4.94. The van der Waals surface area contributed by atoms with Crippen LogP contribution >= 0.6 is 0 Å². The van der Waals surface area contributed by atoms with E-state index in [0.29, 0.717) is 36.6 Å². The molecule has 3 aromatic rings. The van der Waals surface area contributed by atoms with Crippen LogP contribution in [0.3, 0.4) is 0 Å². The fraction of sp³-hybridized carbons (Fsp3) is 0.391. The van der Waals surface area contributed by atoms with Gasteiger partial charge in [-0.3, -0.25) is 4.98 Å². The minimum absolute atomic E-state index is 0.324. The second kappa shape index (κ2) is 7.87. The Bertz CT molecular complexity index is 1230. The number of nitrogens with one attached hydrogen (secondary N) is 2. The van der Waals surface area contributed by atoms with Gasteiger partial charge in [0.25, 0.3) is 4.75 Å². The molecule has 168 valence electrons. The molecule has 9 nitrogen and oxygen atoms in total. The second-order valence-electron chi connectivity index (χ2n) is 8.70. The number of fused-ring (bicyclic) bond motifs is 2. The number of pyridine rings is 2. The SMILES string of the molecule is Cc1c(N2CCc3cnc(Nc4ccc(C5([S+]=O)CC5)nc4)nc3C2)cnc2c1NCCO2. The van der Waals surface area contributed by atoms with Gasteiger partial charge in [-0.15, -0.1) is 0 Å². The molecule has 5 heterocycles. The number of hydrogen-bond acceptors (Lipinski definition) is 9. The molecule has 0 amide bonds. The third kappa shape index (κ3) is 3.64. The maximum atomic E-state index is 11.4. The van der Waals surface area contributed by atoms with Crippen molar-refractivity contribution < 1.29 is 8.95 Å². The number of rotatable bonds is 5. The summed E-state index contributed by atoms with van der Waals surface area (Å²) in [6.07, 6.45) is 8.22. The van der Waals surface area contributed by atoms with Gasteiger partial charge in [-0.2, -0.15) is 0 Å². The smallest absolute Gasteiger partial charge is 0.472 e. The van der Waals surface area contributed by atoms with E-state index >= 15 is 0 Å². The van der Waals surface area contributed by atoms with Crippen LogP contribution in [-0.2, 0) is 33.6 Å². The van der Waals surface area contributed by atoms with Crippen molar-refractivity contribution in [1.29, 1.82) is 0 Å². The maximum Gasteiger partial charge on any atom is 0.472 e. The Morgan fingerprint density at radius 2 is 2.09 bits per heavy atom. The molecule has 3 aromatic heterocycles. The summed E-state index contributed by atoms with van der Waals surface area (Å²) in [5, 5.41) is 6.66. The minimum Gasteiger partial charge on any atom is -0.474 e. The normalized spacial score (nSPS) is 17.8. The molecule has 0 atom stereocenters. The van der Waals surface area contributed by atoms with E-state index in [1.54, 1.807) is 6.20 Å². The standard InChI is InChI=1S/C23H24N7O2S/c1-14-18(12-26-21-20(14)24-7-9-32-21)30-8-4-15-10-27-22(29-17(15)13-30)28-16-2-3-19(25-11-16)23(33-31)5-6-23/h2-3,10-12,24H,4-9,13H2,1H3,(H,27,28,29)/q+1. The molecule has 0 radical (unpaired) electrons. The molecule has 0 unspecified atom stereocenters. The third-order valence-electron chi connectivity index (χ3n) is 6.56. The number of hydrogen-bond donors (Lipinski definition) is 2. The summed E-state index contributed by atoms with van der Waals surface area (Å²) in [4.78, 5) is 20.6. The van der Waals surface area contributed by atoms with Crippen molar-refractivity contribution in [3.63, 3.8) is 0 Å². The van der Waals surface area contributed by atoms with Gasteiger partial charge in [0.2, 0.25) is 11.8 Å². The summed E-state index contributed by atoms with van der Waals surface area (Å²) >= 11 is 0.646. The van der Waals surface area contributed by atoms with Crippen LogP contribution in [0.1, 0.15) is 35.4 Å². The molecule has 1 saturated carbocycles. The lowest BCUT2D eigenvalue weighted by molar-refractivity contribution is 0.310. The molecule has 2 N–H and O–H groups in total. The van der Waals surface area contributed by atoms with E-state index in [1.165, 1.54) is 5.56 Å². The quantitative estimate of drug-likeness (QED) is 0.553. The summed E-state index contributed by atoms with van der Waals surface area (Å²) in [6.45, 7) is 5.11. The average molecular weight is 463 g/mol. The van der Waals surface area contributed by atoms with Crippen molar-refractivity contribution in [2.24, 2.45) is 0 Å². The van der Waals surface area contributed by atoms with Crippen molar-refractivity contribution >= 4 is 34.7 Å². The lowest BCUT2D eigenvalue weighted by atomic mass is 10.0. The Labute approximate surface area is 195 Å². The predicted octanol–water partition coefficient (Wildman–Crippen LogP) is 3.10. The van der Waals surface area contributed by atoms with Gasteiger partial charge in [0.05, 0.1) is 36.0 Å². The van der Waals surface area contributed by atoms with Crippen LogP contribution in [0.15, 0.2) is 30.7 Å². The molecule has 33 heavy (non-hydrogen) atoms. The van der Waals surface area contributed by atoms with Crippen LogP contribution in [0.25, 0.3) is 0 Å². The average Bonchev–Trinajstić information content (AvgIpc) is 3.66. The molecule has 1 aliphatic carbocycles. The zero-order valence-corrected chi connectivity index (χ0v) is 19.1. The van der Waals surface area contributed by atoms with Crippen LogP contribution in [0.2, 0.25) is 0 Å². The highest BCUT2D eigenvalue weighted by molar-refractivity contribution is 7.67. The molecule has 10 heteroatoms. The molecule has 6 rings (SSSR count). The summed E-state index contributed by atoms with van der Waals surface area (Å²) in [5.41, 5.74) is 7.04. The van der Waals surface area contributed by atoms with Gasteiger partial charge in [-0.05, 0) is 31.0 Å². The van der Waals surface area contributed by atoms with Crippen molar-refractivity contribution in [2.75, 3.05) is 35.2 Å². The van der Waals surface area contributed by atoms with E-state index < -0.39 is 0 Å². The van der Waals surface area contributed by atoms with Gasteiger partial charge < -0.3 is 20.3 Å². The van der Waals surface area contributed by atoms with Crippen LogP contribution in [0.5, 0.6) is 5.88 Å². The van der Waals surface area contributed by atoms with Crippen LogP contribution in [0, 0.1) is 6.92 Å². The second-order valence-corrected chi connectivity index (χ2v) is 9.64. The number of aromatic nitrogens is 4. The molecule has 1 fully saturated rings. The van der Waals surface area contributed by atoms with E-state index in [0.717, 1.165) is 66.4 Å². The lowest BCUT2D eigenvalue weighted by Gasteiger charge is -2.32. The zero-order valence-electron chi connectivity index (χ0n) is 18.3. The van der Waals surface area contributed by atoms with Crippen molar-refractivity contribution in [2.45, 2.75) is 37.5 Å². The van der Waals surface area contributed by atoms with Gasteiger partial charge in [0.1, 0.15) is 18.0 Å². The molecule has 0 saturated heterocycles. The third-order valence-corrected chi connectivity index (χ3v) is 7.49. The first-order chi connectivity index (χ1) is 16.1. The first-order valence-corrected chi connectivity index (χ1v) is 11.9. The Balaban J connectivity index is 1.21. The summed E-state index contributed by atoms with van der Waals surface area (Å²) < 4.78 is 16.7. The highest BCUT2D eigenvalue weighted by Crippen LogP contribution is 2.47. The van der Waals surface area contributed by atoms with E-state index in [4.69, 9.17) is 9.72 Å². The van der Waals surface area contributed by atoms with Crippen molar-refractivity contribution in [1.82, 2.24) is 19.9 Å². The predicted molar refractivity (Wildman–Crippen MR) is 126 cm³/mol. The van der Waals surface area contributed by atoms with Gasteiger partial charge >= 0.3 is 11.7 Å². The molecular weight excluding hydrogens is 438 g/mol. The Morgan fingerprint density at radius 3 is 2.88 bits per heavy atom. The lowest BCUT2D eigenvalue weighted by Crippen LogP contribution is -2.32. The summed E-state index contributed by atoms with van der Waals surface area (Å²) in [5.74, 6) is 1.22. The monoisotopic (exact) mass is 462 g/mol. The number of nitrogens with zero attached hydrogens (tertiary/aromatic N) is 5. The molecule has 3 aliphatic rings. The van der Waals surface area contributed by atoms with Crippen LogP contribution in [0.4, 0.5) is 23.0 Å². The van der Waals surface area contributed by atoms with Crippen molar-refractivity contribution in [3.8, 4) is 5.88 Å². The topological polar surface area (TPSA) is 105 Å². The van der Waals surface area contributed by atoms with Crippen molar-refractivity contribution in [3.05, 3.63) is 53.2 Å². The molecule has 0 aromatic carbocycles. The van der Waals surface area contributed by atoms with Crippen LogP contribution in [-0.4, -0.2) is 39.6 Å². The zero-order chi connectivity index (χ0) is 22.4. The minimum atomic E-state index is -0.324. The van der Waals surface area contributed by atoms with Crippen LogP contribution < -0.4 is 20.3 Å². The highest BCUT2D eigenvalue weighted by Gasteiger charge is 2.60. The molecule has 2 aliphatic heterocycles. The fourth-order valence-electron chi connectivity index (χ4n) is 4.46. The molecule has 0 bridgehead atoms. The first kappa shape index (κ1) is 20.2. The van der Waals surface area contributed by atoms with E-state index in [-0.39, 0.29) is 4.75 Å². The van der Waals surface area contributed by atoms with Gasteiger partial charge in [-0.25, -0.2) is 15.0 Å². The number of anilines is 4. The Hall–Kier alpha value is -3.40. The maximum absolute atomic E-state index is 11.4. The molecular formula is C23H24N7O2S+. The first-order valence-electron chi connectivity index (χ1n) is 11.2. The summed E-state index contributed by atoms with van der Waals surface area (Å²) in [6, 6.07) is 3.86. The van der Waals surface area contributed by atoms with E-state index in [2.05, 4.69) is 37.4 Å². The largest absolute Gasteiger partial charge is 0.474 e. The van der Waals surface area contributed by atoms with E-state index in [1.807, 2.05) is 24.5 Å². The Kier molecular flexibility index (Phi) is 4.83. The summed E-state index contributed by atoms with van der Waals surface area (Å²) in [7, 11) is 0. The van der Waals surface area contributed by atoms with Gasteiger partial charge in [-0.1, -0.05) is 0 Å². The van der Waals surface area contributed by atoms with Gasteiger partial charge in [0, 0.05) is 41.9 Å². The van der Waals surface area contributed by atoms with E-state index in [9.17, 15) is 4.21 Å². The van der Waals surface area contributed by atoms with Gasteiger partial charge in [0.15, 0.2) is 0 Å². The molecule has 0 spiro atoms.